The van der Waals surface area contributed by atoms with Crippen molar-refractivity contribution in [2.24, 2.45) is 5.73 Å². The summed E-state index contributed by atoms with van der Waals surface area (Å²) in [5.74, 6) is 5.77. The Morgan fingerprint density at radius 3 is 2.96 bits per heavy atom. The molecule has 0 bridgehead atoms. The Kier molecular flexibility index (Phi) is 5.28. The van der Waals surface area contributed by atoms with Crippen molar-refractivity contribution >= 4 is 39.7 Å². The van der Waals surface area contributed by atoms with Crippen molar-refractivity contribution in [3.05, 3.63) is 44.7 Å². The fourth-order valence-electron chi connectivity index (χ4n) is 2.53. The predicted octanol–water partition coefficient (Wildman–Crippen LogP) is 4.56. The van der Waals surface area contributed by atoms with Gasteiger partial charge in [-0.3, -0.25) is 0 Å². The maximum absolute atomic E-state index is 14.6. The molecule has 0 fully saturated rings. The lowest BCUT2D eigenvalue weighted by atomic mass is 10.1. The number of nitrogens with two attached hydrogens (primary N) is 1. The molecule has 3 heterocycles. The number of anilines is 1. The Morgan fingerprint density at radius 2 is 2.32 bits per heavy atom. The van der Waals surface area contributed by atoms with Gasteiger partial charge in [-0.2, -0.15) is 0 Å². The molecule has 3 aromatic heterocycles. The van der Waals surface area contributed by atoms with Crippen molar-refractivity contribution in [2.75, 3.05) is 5.32 Å². The molecule has 0 radical (unpaired) electrons. The van der Waals surface area contributed by atoms with Crippen molar-refractivity contribution in [3.63, 3.8) is 0 Å². The van der Waals surface area contributed by atoms with Crippen LogP contribution in [0.15, 0.2) is 21.9 Å². The highest BCUT2D eigenvalue weighted by Gasteiger charge is 2.23. The zero-order chi connectivity index (χ0) is 18.0. The lowest BCUT2D eigenvalue weighted by Gasteiger charge is -2.08. The lowest BCUT2D eigenvalue weighted by Crippen LogP contribution is -2.17. The molecule has 0 spiro atoms. The molecule has 0 aromatic carbocycles. The van der Waals surface area contributed by atoms with Crippen LogP contribution in [0.3, 0.4) is 0 Å². The Labute approximate surface area is 154 Å². The summed E-state index contributed by atoms with van der Waals surface area (Å²) < 4.78 is 20.5. The second kappa shape index (κ2) is 7.44. The van der Waals surface area contributed by atoms with E-state index in [-0.39, 0.29) is 16.9 Å². The number of fused-ring (bicyclic) bond motifs is 1. The molecule has 0 aliphatic carbocycles. The third-order valence-electron chi connectivity index (χ3n) is 3.57. The van der Waals surface area contributed by atoms with Gasteiger partial charge in [0.2, 0.25) is 0 Å². The molecule has 130 valence electrons. The van der Waals surface area contributed by atoms with Crippen LogP contribution in [0, 0.1) is 17.7 Å². The number of pyridine rings is 1. The number of rotatable bonds is 5. The van der Waals surface area contributed by atoms with Gasteiger partial charge in [0.15, 0.2) is 16.6 Å². The standard InChI is InChI=1S/C18H17ClFN3OS/c1-3-5-12-13(8-10(2)21)24-17-15(12)23-18(19)14(20)16(17)22-9-11-6-4-7-25-11/h4,6-7,10H,8-9,21H2,1-2H3,(H,22,23)/t10-/m0/s1. The average molecular weight is 378 g/mol. The summed E-state index contributed by atoms with van der Waals surface area (Å²) >= 11 is 7.58. The van der Waals surface area contributed by atoms with E-state index in [1.165, 1.54) is 0 Å². The van der Waals surface area contributed by atoms with E-state index in [1.54, 1.807) is 18.3 Å². The fraction of sp³-hybridized carbons (Fsp3) is 0.278. The number of hydrogen-bond acceptors (Lipinski definition) is 5. The molecule has 0 saturated carbocycles. The second-order valence-corrected chi connectivity index (χ2v) is 7.05. The SMILES string of the molecule is CC#Cc1c(C[C@H](C)N)oc2c(NCc3cccs3)c(F)c(Cl)nc12. The van der Waals surface area contributed by atoms with Crippen LogP contribution in [0.25, 0.3) is 11.1 Å². The minimum absolute atomic E-state index is 0.124. The van der Waals surface area contributed by atoms with Crippen LogP contribution in [0.2, 0.25) is 5.15 Å². The van der Waals surface area contributed by atoms with Crippen LogP contribution in [0.1, 0.15) is 30.0 Å². The topological polar surface area (TPSA) is 64.1 Å². The van der Waals surface area contributed by atoms with Crippen LogP contribution < -0.4 is 11.1 Å². The second-order valence-electron chi connectivity index (χ2n) is 5.66. The Hall–Kier alpha value is -2.07. The Bertz CT molecular complexity index is 955. The minimum atomic E-state index is -0.636. The van der Waals surface area contributed by atoms with Crippen molar-refractivity contribution in [1.82, 2.24) is 4.98 Å². The molecule has 3 N–H and O–H groups in total. The Balaban J connectivity index is 2.13. The molecule has 0 amide bonds. The largest absolute Gasteiger partial charge is 0.456 e. The number of nitrogens with zero attached hydrogens (tertiary/aromatic N) is 1. The van der Waals surface area contributed by atoms with Crippen molar-refractivity contribution in [3.8, 4) is 11.8 Å². The lowest BCUT2D eigenvalue weighted by molar-refractivity contribution is 0.522. The summed E-state index contributed by atoms with van der Waals surface area (Å²) in [6, 6.07) is 3.78. The predicted molar refractivity (Wildman–Crippen MR) is 101 cm³/mol. The summed E-state index contributed by atoms with van der Waals surface area (Å²) in [4.78, 5) is 5.21. The summed E-state index contributed by atoms with van der Waals surface area (Å²) in [7, 11) is 0. The highest BCUT2D eigenvalue weighted by Crippen LogP contribution is 2.35. The molecule has 0 aliphatic heterocycles. The molecular formula is C18H17ClFN3OS. The van der Waals surface area contributed by atoms with Gasteiger partial charge in [-0.1, -0.05) is 23.6 Å². The number of thiophene rings is 1. The van der Waals surface area contributed by atoms with E-state index in [4.69, 9.17) is 21.8 Å². The zero-order valence-electron chi connectivity index (χ0n) is 13.8. The average Bonchev–Trinajstić information content (AvgIpc) is 3.18. The number of aromatic nitrogens is 1. The van der Waals surface area contributed by atoms with E-state index in [9.17, 15) is 4.39 Å². The van der Waals surface area contributed by atoms with Gasteiger partial charge in [-0.25, -0.2) is 9.37 Å². The molecule has 0 aliphatic rings. The summed E-state index contributed by atoms with van der Waals surface area (Å²) in [6.45, 7) is 4.05. The smallest absolute Gasteiger partial charge is 0.187 e. The van der Waals surface area contributed by atoms with Gasteiger partial charge in [0.05, 0.1) is 5.56 Å². The van der Waals surface area contributed by atoms with Crippen molar-refractivity contribution in [1.29, 1.82) is 0 Å². The number of halogens is 2. The molecule has 25 heavy (non-hydrogen) atoms. The first-order chi connectivity index (χ1) is 12.0. The molecule has 7 heteroatoms. The third-order valence-corrected chi connectivity index (χ3v) is 4.70. The third kappa shape index (κ3) is 3.64. The van der Waals surface area contributed by atoms with Crippen LogP contribution in [-0.2, 0) is 13.0 Å². The van der Waals surface area contributed by atoms with E-state index >= 15 is 0 Å². The van der Waals surface area contributed by atoms with Crippen LogP contribution in [0.4, 0.5) is 10.1 Å². The molecule has 4 nitrogen and oxygen atoms in total. The monoisotopic (exact) mass is 377 g/mol. The van der Waals surface area contributed by atoms with Gasteiger partial charge >= 0.3 is 0 Å². The van der Waals surface area contributed by atoms with E-state index < -0.39 is 5.82 Å². The normalized spacial score (nSPS) is 12.0. The number of furan rings is 1. The van der Waals surface area contributed by atoms with Crippen molar-refractivity contribution in [2.45, 2.75) is 32.9 Å². The molecule has 1 atom stereocenters. The zero-order valence-corrected chi connectivity index (χ0v) is 15.4. The first-order valence-electron chi connectivity index (χ1n) is 7.76. The fourth-order valence-corrected chi connectivity index (χ4v) is 3.35. The molecule has 3 aromatic rings. The van der Waals surface area contributed by atoms with Crippen LogP contribution in [-0.4, -0.2) is 11.0 Å². The van der Waals surface area contributed by atoms with Crippen LogP contribution in [0.5, 0.6) is 0 Å². The van der Waals surface area contributed by atoms with E-state index in [2.05, 4.69) is 22.1 Å². The first kappa shape index (κ1) is 17.7. The molecule has 3 rings (SSSR count). The molecule has 0 saturated heterocycles. The van der Waals surface area contributed by atoms with Gasteiger partial charge in [0, 0.05) is 23.9 Å². The summed E-state index contributed by atoms with van der Waals surface area (Å²) in [5, 5.41) is 4.82. The van der Waals surface area contributed by atoms with Crippen molar-refractivity contribution < 1.29 is 8.81 Å². The summed E-state index contributed by atoms with van der Waals surface area (Å²) in [5.41, 5.74) is 7.45. The minimum Gasteiger partial charge on any atom is -0.456 e. The highest BCUT2D eigenvalue weighted by atomic mass is 35.5. The van der Waals surface area contributed by atoms with Gasteiger partial charge < -0.3 is 15.5 Å². The van der Waals surface area contributed by atoms with E-state index in [1.807, 2.05) is 24.4 Å². The van der Waals surface area contributed by atoms with Gasteiger partial charge in [-0.05, 0) is 25.3 Å². The highest BCUT2D eigenvalue weighted by molar-refractivity contribution is 7.09. The van der Waals surface area contributed by atoms with Gasteiger partial charge in [0.25, 0.3) is 0 Å². The van der Waals surface area contributed by atoms with Gasteiger partial charge in [0.1, 0.15) is 17.0 Å². The Morgan fingerprint density at radius 1 is 1.52 bits per heavy atom. The van der Waals surface area contributed by atoms with E-state index in [0.29, 0.717) is 35.4 Å². The number of hydrogen-bond donors (Lipinski definition) is 2. The summed E-state index contributed by atoms with van der Waals surface area (Å²) in [6.07, 6.45) is 0.476. The van der Waals surface area contributed by atoms with Gasteiger partial charge in [-0.15, -0.1) is 17.3 Å². The number of nitrogens with one attached hydrogen (secondary N) is 1. The first-order valence-corrected chi connectivity index (χ1v) is 9.02. The maximum atomic E-state index is 14.6. The molecule has 0 unspecified atom stereocenters. The van der Waals surface area contributed by atoms with Crippen LogP contribution >= 0.6 is 22.9 Å². The quantitative estimate of drug-likeness (QED) is 0.505. The molecular weight excluding hydrogens is 361 g/mol. The van der Waals surface area contributed by atoms with E-state index in [0.717, 1.165) is 4.88 Å². The maximum Gasteiger partial charge on any atom is 0.187 e.